The molecule has 0 aliphatic carbocycles. The molecule has 0 spiro atoms. The number of nitrogens with zero attached hydrogens (tertiary/aromatic N) is 3. The summed E-state index contributed by atoms with van der Waals surface area (Å²) < 4.78 is 1.31. The van der Waals surface area contributed by atoms with Crippen LogP contribution in [0.2, 0.25) is 10.0 Å². The molecule has 0 saturated heterocycles. The predicted molar refractivity (Wildman–Crippen MR) is 106 cm³/mol. The smallest absolute Gasteiger partial charge is 0.234 e. The van der Waals surface area contributed by atoms with Crippen molar-refractivity contribution in [2.75, 3.05) is 16.9 Å². The fraction of sp³-hybridized carbons (Fsp3) is 0.118. The number of nitrogens with two attached hydrogens (primary N) is 1. The van der Waals surface area contributed by atoms with Gasteiger partial charge in [0.2, 0.25) is 11.1 Å². The maximum Gasteiger partial charge on any atom is 0.234 e. The number of carbonyl (C=O) groups is 1. The Bertz CT molecular complexity index is 960. The fourth-order valence-corrected chi connectivity index (χ4v) is 3.41. The van der Waals surface area contributed by atoms with Crippen LogP contribution in [-0.4, -0.2) is 26.5 Å². The van der Waals surface area contributed by atoms with Crippen LogP contribution in [-0.2, 0) is 4.79 Å². The normalized spacial score (nSPS) is 10.7. The summed E-state index contributed by atoms with van der Waals surface area (Å²) >= 11 is 13.3. The van der Waals surface area contributed by atoms with Crippen molar-refractivity contribution in [3.8, 4) is 11.4 Å². The third-order valence-corrected chi connectivity index (χ3v) is 5.08. The van der Waals surface area contributed by atoms with Crippen LogP contribution < -0.4 is 11.2 Å². The standard InChI is InChI=1S/C17H15Cl2N5OS/c1-10-4-2-3-5-14(10)21-15(25)9-26-17-23-22-16(24(17)20)12-7-6-11(18)8-13(12)19/h2-8H,9,20H2,1H3,(H,21,25). The fourth-order valence-electron chi connectivity index (χ4n) is 2.26. The molecule has 0 fully saturated rings. The number of hydrogen-bond donors (Lipinski definition) is 2. The van der Waals surface area contributed by atoms with E-state index < -0.39 is 0 Å². The average Bonchev–Trinajstić information content (AvgIpc) is 2.96. The van der Waals surface area contributed by atoms with E-state index in [1.54, 1.807) is 18.2 Å². The zero-order valence-corrected chi connectivity index (χ0v) is 16.1. The third-order valence-electron chi connectivity index (χ3n) is 3.59. The highest BCUT2D eigenvalue weighted by atomic mass is 35.5. The Labute approximate surface area is 164 Å². The Morgan fingerprint density at radius 1 is 1.23 bits per heavy atom. The Morgan fingerprint density at radius 2 is 2.00 bits per heavy atom. The maximum absolute atomic E-state index is 12.2. The molecule has 134 valence electrons. The summed E-state index contributed by atoms with van der Waals surface area (Å²) in [4.78, 5) is 12.2. The van der Waals surface area contributed by atoms with E-state index >= 15 is 0 Å². The van der Waals surface area contributed by atoms with Gasteiger partial charge in [0.05, 0.1) is 10.8 Å². The molecule has 0 aliphatic rings. The van der Waals surface area contributed by atoms with E-state index in [0.717, 1.165) is 11.3 Å². The van der Waals surface area contributed by atoms with Gasteiger partial charge in [-0.15, -0.1) is 10.2 Å². The van der Waals surface area contributed by atoms with Gasteiger partial charge in [0, 0.05) is 16.3 Å². The molecule has 1 heterocycles. The minimum Gasteiger partial charge on any atom is -0.335 e. The molecule has 6 nitrogen and oxygen atoms in total. The molecule has 1 aromatic heterocycles. The number of hydrogen-bond acceptors (Lipinski definition) is 5. The molecular weight excluding hydrogens is 393 g/mol. The zero-order chi connectivity index (χ0) is 18.7. The number of aromatic nitrogens is 3. The van der Waals surface area contributed by atoms with Gasteiger partial charge in [0.1, 0.15) is 0 Å². The van der Waals surface area contributed by atoms with E-state index in [1.807, 2.05) is 31.2 Å². The van der Waals surface area contributed by atoms with Crippen molar-refractivity contribution < 1.29 is 4.79 Å². The van der Waals surface area contributed by atoms with Crippen molar-refractivity contribution in [3.05, 3.63) is 58.1 Å². The van der Waals surface area contributed by atoms with Crippen LogP contribution in [0.5, 0.6) is 0 Å². The van der Waals surface area contributed by atoms with E-state index in [9.17, 15) is 4.79 Å². The molecule has 9 heteroatoms. The summed E-state index contributed by atoms with van der Waals surface area (Å²) in [5.41, 5.74) is 2.38. The first kappa shape index (κ1) is 18.6. The van der Waals surface area contributed by atoms with Crippen LogP contribution >= 0.6 is 35.0 Å². The number of para-hydroxylation sites is 1. The summed E-state index contributed by atoms with van der Waals surface area (Å²) in [5.74, 6) is 6.45. The van der Waals surface area contributed by atoms with Gasteiger partial charge in [-0.1, -0.05) is 53.2 Å². The molecule has 3 aromatic rings. The number of amides is 1. The minimum atomic E-state index is -0.154. The van der Waals surface area contributed by atoms with Crippen LogP contribution in [0.15, 0.2) is 47.6 Å². The lowest BCUT2D eigenvalue weighted by molar-refractivity contribution is -0.113. The van der Waals surface area contributed by atoms with Crippen molar-refractivity contribution in [2.24, 2.45) is 0 Å². The third kappa shape index (κ3) is 4.12. The Hall–Kier alpha value is -2.22. The molecular formula is C17H15Cl2N5OS. The first-order valence-corrected chi connectivity index (χ1v) is 9.34. The van der Waals surface area contributed by atoms with Crippen LogP contribution in [0, 0.1) is 6.92 Å². The molecule has 0 atom stereocenters. The molecule has 0 radical (unpaired) electrons. The largest absolute Gasteiger partial charge is 0.335 e. The molecule has 2 aromatic carbocycles. The van der Waals surface area contributed by atoms with Crippen molar-refractivity contribution >= 4 is 46.6 Å². The van der Waals surface area contributed by atoms with E-state index in [2.05, 4.69) is 15.5 Å². The number of benzene rings is 2. The van der Waals surface area contributed by atoms with Gasteiger partial charge in [0.15, 0.2) is 5.82 Å². The minimum absolute atomic E-state index is 0.151. The summed E-state index contributed by atoms with van der Waals surface area (Å²) in [6, 6.07) is 12.6. The second-order valence-corrected chi connectivity index (χ2v) is 7.24. The number of nitrogens with one attached hydrogen (secondary N) is 1. The van der Waals surface area contributed by atoms with E-state index in [1.165, 1.54) is 16.4 Å². The Balaban J connectivity index is 1.69. The van der Waals surface area contributed by atoms with Crippen molar-refractivity contribution in [3.63, 3.8) is 0 Å². The Morgan fingerprint density at radius 3 is 2.73 bits per heavy atom. The SMILES string of the molecule is Cc1ccccc1NC(=O)CSc1nnc(-c2ccc(Cl)cc2Cl)n1N. The van der Waals surface area contributed by atoms with Crippen LogP contribution in [0.3, 0.4) is 0 Å². The van der Waals surface area contributed by atoms with Gasteiger partial charge in [-0.3, -0.25) is 4.79 Å². The lowest BCUT2D eigenvalue weighted by Gasteiger charge is -2.08. The number of thioether (sulfide) groups is 1. The van der Waals surface area contributed by atoms with Gasteiger partial charge in [-0.05, 0) is 36.8 Å². The molecule has 26 heavy (non-hydrogen) atoms. The van der Waals surface area contributed by atoms with Gasteiger partial charge in [-0.25, -0.2) is 4.68 Å². The molecule has 0 aliphatic heterocycles. The molecule has 3 N–H and O–H groups in total. The Kier molecular flexibility index (Phi) is 5.70. The topological polar surface area (TPSA) is 85.8 Å². The maximum atomic E-state index is 12.2. The van der Waals surface area contributed by atoms with Crippen molar-refractivity contribution in [1.82, 2.24) is 14.9 Å². The summed E-state index contributed by atoms with van der Waals surface area (Å²) in [5, 5.41) is 12.3. The van der Waals surface area contributed by atoms with Gasteiger partial charge >= 0.3 is 0 Å². The lowest BCUT2D eigenvalue weighted by atomic mass is 10.2. The van der Waals surface area contributed by atoms with Gasteiger partial charge in [-0.2, -0.15) is 0 Å². The second-order valence-electron chi connectivity index (χ2n) is 5.45. The van der Waals surface area contributed by atoms with E-state index in [4.69, 9.17) is 29.0 Å². The molecule has 0 saturated carbocycles. The number of halogens is 2. The average molecular weight is 408 g/mol. The van der Waals surface area contributed by atoms with E-state index in [-0.39, 0.29) is 11.7 Å². The first-order valence-electron chi connectivity index (χ1n) is 7.60. The summed E-state index contributed by atoms with van der Waals surface area (Å²) in [6.45, 7) is 1.93. The van der Waals surface area contributed by atoms with Crippen molar-refractivity contribution in [1.29, 1.82) is 0 Å². The molecule has 0 unspecified atom stereocenters. The lowest BCUT2D eigenvalue weighted by Crippen LogP contribution is -2.17. The highest BCUT2D eigenvalue weighted by Crippen LogP contribution is 2.30. The van der Waals surface area contributed by atoms with Crippen LogP contribution in [0.25, 0.3) is 11.4 Å². The number of aryl methyl sites for hydroxylation is 1. The van der Waals surface area contributed by atoms with Crippen molar-refractivity contribution in [2.45, 2.75) is 12.1 Å². The van der Waals surface area contributed by atoms with Crippen LogP contribution in [0.1, 0.15) is 5.56 Å². The molecule has 0 bridgehead atoms. The molecule has 3 rings (SSSR count). The van der Waals surface area contributed by atoms with Gasteiger partial charge < -0.3 is 11.2 Å². The zero-order valence-electron chi connectivity index (χ0n) is 13.7. The summed E-state index contributed by atoms with van der Waals surface area (Å²) in [7, 11) is 0. The number of carbonyl (C=O) groups excluding carboxylic acids is 1. The molecule has 1 amide bonds. The first-order chi connectivity index (χ1) is 12.5. The highest BCUT2D eigenvalue weighted by Gasteiger charge is 2.16. The second kappa shape index (κ2) is 7.99. The quantitative estimate of drug-likeness (QED) is 0.492. The number of rotatable bonds is 5. The highest BCUT2D eigenvalue weighted by molar-refractivity contribution is 7.99. The summed E-state index contributed by atoms with van der Waals surface area (Å²) in [6.07, 6.45) is 0. The predicted octanol–water partition coefficient (Wildman–Crippen LogP) is 4.00. The number of nitrogen functional groups attached to an aromatic ring is 1. The monoisotopic (exact) mass is 407 g/mol. The van der Waals surface area contributed by atoms with Crippen LogP contribution in [0.4, 0.5) is 5.69 Å². The van der Waals surface area contributed by atoms with Gasteiger partial charge in [0.25, 0.3) is 0 Å². The number of anilines is 1. The van der Waals surface area contributed by atoms with E-state index in [0.29, 0.717) is 26.6 Å².